The van der Waals surface area contributed by atoms with Crippen LogP contribution in [0.25, 0.3) is 0 Å². The summed E-state index contributed by atoms with van der Waals surface area (Å²) in [5.74, 6) is 1.71. The van der Waals surface area contributed by atoms with Crippen molar-refractivity contribution in [1.82, 2.24) is 15.2 Å². The van der Waals surface area contributed by atoms with Gasteiger partial charge < -0.3 is 5.73 Å². The molecule has 0 saturated heterocycles. The second kappa shape index (κ2) is 3.35. The molecule has 80 valence electrons. The van der Waals surface area contributed by atoms with Crippen LogP contribution in [-0.2, 0) is 11.8 Å². The van der Waals surface area contributed by atoms with Gasteiger partial charge in [0.15, 0.2) is 5.82 Å². The molecular formula is C10H20N4. The van der Waals surface area contributed by atoms with E-state index in [4.69, 9.17) is 5.73 Å². The van der Waals surface area contributed by atoms with Crippen molar-refractivity contribution in [3.05, 3.63) is 11.6 Å². The lowest BCUT2D eigenvalue weighted by molar-refractivity contribution is 0.291. The zero-order chi connectivity index (χ0) is 11.0. The Labute approximate surface area is 85.3 Å². The summed E-state index contributed by atoms with van der Waals surface area (Å²) in [6.07, 6.45) is 0.869. The Morgan fingerprint density at radius 2 is 1.86 bits per heavy atom. The zero-order valence-corrected chi connectivity index (χ0v) is 9.68. The number of hydrogen-bond donors (Lipinski definition) is 2. The lowest BCUT2D eigenvalue weighted by Gasteiger charge is -2.35. The average Bonchev–Trinajstić information content (AvgIpc) is 2.49. The smallest absolute Gasteiger partial charge is 0.158 e. The number of hydrogen-bond acceptors (Lipinski definition) is 3. The molecule has 0 bridgehead atoms. The van der Waals surface area contributed by atoms with Gasteiger partial charge in [-0.15, -0.1) is 0 Å². The van der Waals surface area contributed by atoms with Gasteiger partial charge in [0.25, 0.3) is 0 Å². The summed E-state index contributed by atoms with van der Waals surface area (Å²) >= 11 is 0. The minimum Gasteiger partial charge on any atom is -0.325 e. The van der Waals surface area contributed by atoms with E-state index < -0.39 is 0 Å². The molecule has 0 aliphatic carbocycles. The van der Waals surface area contributed by atoms with E-state index in [1.54, 1.807) is 0 Å². The van der Waals surface area contributed by atoms with Crippen LogP contribution in [0.3, 0.4) is 0 Å². The molecule has 4 heteroatoms. The van der Waals surface area contributed by atoms with Crippen molar-refractivity contribution in [1.29, 1.82) is 0 Å². The van der Waals surface area contributed by atoms with Crippen LogP contribution in [-0.4, -0.2) is 20.7 Å². The number of H-pyrrole nitrogens is 1. The van der Waals surface area contributed by atoms with Crippen LogP contribution in [0.5, 0.6) is 0 Å². The minimum atomic E-state index is -0.333. The van der Waals surface area contributed by atoms with Crippen LogP contribution in [0.2, 0.25) is 0 Å². The fraction of sp³-hybridized carbons (Fsp3) is 0.800. The maximum atomic E-state index is 6.10. The molecule has 0 aliphatic heterocycles. The number of aryl methyl sites for hydroxylation is 1. The Morgan fingerprint density at radius 3 is 2.21 bits per heavy atom. The van der Waals surface area contributed by atoms with Gasteiger partial charge in [0, 0.05) is 17.4 Å². The van der Waals surface area contributed by atoms with Crippen LogP contribution in [0, 0.1) is 0 Å². The number of aromatic amines is 1. The molecule has 0 aromatic carbocycles. The largest absolute Gasteiger partial charge is 0.325 e. The van der Waals surface area contributed by atoms with Crippen LogP contribution in [0.15, 0.2) is 0 Å². The first-order valence-electron chi connectivity index (χ1n) is 4.99. The quantitative estimate of drug-likeness (QED) is 0.767. The fourth-order valence-electron chi connectivity index (χ4n) is 1.02. The SMILES string of the molecule is CCc1nc(C(C)(C)C(C)(C)N)n[nH]1. The first-order valence-corrected chi connectivity index (χ1v) is 4.99. The molecule has 1 rings (SSSR count). The maximum Gasteiger partial charge on any atom is 0.158 e. The first-order chi connectivity index (χ1) is 6.29. The summed E-state index contributed by atoms with van der Waals surface area (Å²) < 4.78 is 0. The van der Waals surface area contributed by atoms with Crippen LogP contribution in [0.4, 0.5) is 0 Å². The van der Waals surface area contributed by atoms with Crippen molar-refractivity contribution >= 4 is 0 Å². The van der Waals surface area contributed by atoms with Crippen molar-refractivity contribution in [3.8, 4) is 0 Å². The fourth-order valence-corrected chi connectivity index (χ4v) is 1.02. The third-order valence-electron chi connectivity index (χ3n) is 3.04. The number of nitrogens with zero attached hydrogens (tertiary/aromatic N) is 2. The van der Waals surface area contributed by atoms with Gasteiger partial charge in [0.05, 0.1) is 0 Å². The third kappa shape index (κ3) is 1.80. The van der Waals surface area contributed by atoms with Crippen LogP contribution >= 0.6 is 0 Å². The highest BCUT2D eigenvalue weighted by atomic mass is 15.2. The van der Waals surface area contributed by atoms with E-state index in [0.29, 0.717) is 0 Å². The lowest BCUT2D eigenvalue weighted by Crippen LogP contribution is -2.50. The summed E-state index contributed by atoms with van der Waals surface area (Å²) in [6, 6.07) is 0. The number of rotatable bonds is 3. The van der Waals surface area contributed by atoms with Crippen molar-refractivity contribution in [3.63, 3.8) is 0 Å². The molecule has 0 fully saturated rings. The van der Waals surface area contributed by atoms with Crippen LogP contribution in [0.1, 0.15) is 46.3 Å². The number of nitrogens with two attached hydrogens (primary N) is 1. The molecule has 0 unspecified atom stereocenters. The standard InChI is InChI=1S/C10H20N4/c1-6-7-12-8(14-13-7)9(2,3)10(4,5)11/h6,11H2,1-5H3,(H,12,13,14). The van der Waals surface area contributed by atoms with E-state index >= 15 is 0 Å². The second-order valence-corrected chi connectivity index (χ2v) is 4.81. The Bertz CT molecular complexity index is 306. The van der Waals surface area contributed by atoms with Gasteiger partial charge in [-0.3, -0.25) is 5.10 Å². The van der Waals surface area contributed by atoms with Crippen molar-refractivity contribution in [2.45, 2.75) is 52.0 Å². The van der Waals surface area contributed by atoms with Crippen molar-refractivity contribution in [2.24, 2.45) is 5.73 Å². The van der Waals surface area contributed by atoms with E-state index in [1.165, 1.54) is 0 Å². The zero-order valence-electron chi connectivity index (χ0n) is 9.68. The van der Waals surface area contributed by atoms with Gasteiger partial charge >= 0.3 is 0 Å². The average molecular weight is 196 g/mol. The highest BCUT2D eigenvalue weighted by molar-refractivity contribution is 5.13. The molecule has 0 amide bonds. The van der Waals surface area contributed by atoms with Gasteiger partial charge in [-0.1, -0.05) is 20.8 Å². The molecule has 1 heterocycles. The molecular weight excluding hydrogens is 176 g/mol. The molecule has 0 atom stereocenters. The third-order valence-corrected chi connectivity index (χ3v) is 3.04. The van der Waals surface area contributed by atoms with Gasteiger partial charge in [-0.2, -0.15) is 5.10 Å². The Balaban J connectivity index is 3.04. The molecule has 3 N–H and O–H groups in total. The predicted molar refractivity (Wildman–Crippen MR) is 57.1 cm³/mol. The van der Waals surface area contributed by atoms with Gasteiger partial charge in [0.1, 0.15) is 5.82 Å². The van der Waals surface area contributed by atoms with Crippen LogP contribution < -0.4 is 5.73 Å². The lowest BCUT2D eigenvalue weighted by atomic mass is 9.75. The van der Waals surface area contributed by atoms with E-state index in [2.05, 4.69) is 29.0 Å². The number of aromatic nitrogens is 3. The van der Waals surface area contributed by atoms with E-state index in [1.807, 2.05) is 20.8 Å². The molecule has 0 radical (unpaired) electrons. The molecule has 14 heavy (non-hydrogen) atoms. The summed E-state index contributed by atoms with van der Waals surface area (Å²) in [5.41, 5.74) is 5.54. The van der Waals surface area contributed by atoms with Gasteiger partial charge in [0.2, 0.25) is 0 Å². The maximum absolute atomic E-state index is 6.10. The Kier molecular flexibility index (Phi) is 2.67. The monoisotopic (exact) mass is 196 g/mol. The van der Waals surface area contributed by atoms with Crippen molar-refractivity contribution < 1.29 is 0 Å². The molecule has 1 aromatic rings. The van der Waals surface area contributed by atoms with E-state index in [9.17, 15) is 0 Å². The highest BCUT2D eigenvalue weighted by Gasteiger charge is 2.38. The van der Waals surface area contributed by atoms with Crippen molar-refractivity contribution in [2.75, 3.05) is 0 Å². The topological polar surface area (TPSA) is 67.6 Å². The molecule has 0 saturated carbocycles. The molecule has 0 spiro atoms. The first kappa shape index (κ1) is 11.2. The van der Waals surface area contributed by atoms with Gasteiger partial charge in [-0.05, 0) is 13.8 Å². The second-order valence-electron chi connectivity index (χ2n) is 4.81. The van der Waals surface area contributed by atoms with E-state index in [0.717, 1.165) is 18.1 Å². The van der Waals surface area contributed by atoms with Gasteiger partial charge in [-0.25, -0.2) is 4.98 Å². The highest BCUT2D eigenvalue weighted by Crippen LogP contribution is 2.30. The Morgan fingerprint density at radius 1 is 1.29 bits per heavy atom. The normalized spacial score (nSPS) is 13.3. The molecule has 0 aliphatic rings. The summed E-state index contributed by atoms with van der Waals surface area (Å²) in [6.45, 7) is 10.2. The minimum absolute atomic E-state index is 0.225. The molecule has 1 aromatic heterocycles. The Hall–Kier alpha value is -0.900. The molecule has 4 nitrogen and oxygen atoms in total. The number of nitrogens with one attached hydrogen (secondary N) is 1. The summed E-state index contributed by atoms with van der Waals surface area (Å²) in [7, 11) is 0. The summed E-state index contributed by atoms with van der Waals surface area (Å²) in [5, 5.41) is 7.13. The predicted octanol–water partition coefficient (Wildman–Crippen LogP) is 1.38. The van der Waals surface area contributed by atoms with E-state index in [-0.39, 0.29) is 11.0 Å². The summed E-state index contributed by atoms with van der Waals surface area (Å²) in [4.78, 5) is 4.42.